The lowest BCUT2D eigenvalue weighted by Gasteiger charge is -2.16. The molecule has 10 heteroatoms. The number of carbonyl (C=O) groups is 4. The second kappa shape index (κ2) is 20.6. The van der Waals surface area contributed by atoms with Crippen molar-refractivity contribution < 1.29 is 38.1 Å². The molecule has 0 saturated heterocycles. The SMILES string of the molecule is CCCCC(=O)Oc1ccc(-c2sc3cc(OC(=O)CCCC)cc(OC(=O)CCCC)c3c2-c2cc3ccc2C(=O)CCCCCCN=CCO3)cc1. The molecular formula is C44H51NO8S. The zero-order chi connectivity index (χ0) is 38.3. The third-order valence-corrected chi connectivity index (χ3v) is 10.4. The molecule has 2 aliphatic rings. The molecule has 2 bridgehead atoms. The van der Waals surface area contributed by atoms with Gasteiger partial charge in [0.05, 0.1) is 0 Å². The zero-order valence-electron chi connectivity index (χ0n) is 31.7. The predicted molar refractivity (Wildman–Crippen MR) is 214 cm³/mol. The Morgan fingerprint density at radius 2 is 1.37 bits per heavy atom. The number of ketones is 1. The average Bonchev–Trinajstić information content (AvgIpc) is 3.55. The first-order valence-corrected chi connectivity index (χ1v) is 20.2. The highest BCUT2D eigenvalue weighted by Crippen LogP contribution is 2.51. The van der Waals surface area contributed by atoms with Crippen molar-refractivity contribution in [2.45, 2.75) is 111 Å². The van der Waals surface area contributed by atoms with Crippen molar-refractivity contribution in [1.29, 1.82) is 0 Å². The standard InChI is InChI=1S/C44H51NO8S/c1-4-7-15-39(47)51-31-20-18-30(19-21-31)44-42(35-27-32-22-23-34(35)36(46)14-12-10-11-13-24-45-25-26-50-32)43-37(53-41(49)17-9-6-3)28-33(29-38(43)54-44)52-40(48)16-8-5-2/h18-23,25,27-29H,4-17,24,26H2,1-3H3. The molecule has 0 unspecified atom stereocenters. The van der Waals surface area contributed by atoms with E-state index in [9.17, 15) is 19.2 Å². The molecule has 3 heterocycles. The topological polar surface area (TPSA) is 118 Å². The van der Waals surface area contributed by atoms with Crippen molar-refractivity contribution >= 4 is 51.3 Å². The summed E-state index contributed by atoms with van der Waals surface area (Å²) in [4.78, 5) is 57.9. The van der Waals surface area contributed by atoms with Crippen LogP contribution < -0.4 is 18.9 Å². The van der Waals surface area contributed by atoms with Gasteiger partial charge in [0.15, 0.2) is 5.78 Å². The number of benzene rings is 3. The Balaban J connectivity index is 1.73. The quantitative estimate of drug-likeness (QED) is 0.0922. The highest BCUT2D eigenvalue weighted by atomic mass is 32.1. The molecule has 0 spiro atoms. The first-order chi connectivity index (χ1) is 26.3. The van der Waals surface area contributed by atoms with E-state index in [2.05, 4.69) is 4.99 Å². The predicted octanol–water partition coefficient (Wildman–Crippen LogP) is 11.1. The van der Waals surface area contributed by atoms with Crippen LogP contribution in [0.15, 0.2) is 59.6 Å². The van der Waals surface area contributed by atoms with E-state index in [0.29, 0.717) is 64.0 Å². The lowest BCUT2D eigenvalue weighted by atomic mass is 9.91. The summed E-state index contributed by atoms with van der Waals surface area (Å²) in [5.41, 5.74) is 2.66. The second-order valence-corrected chi connectivity index (χ2v) is 14.6. The van der Waals surface area contributed by atoms with Gasteiger partial charge in [0.1, 0.15) is 29.6 Å². The van der Waals surface area contributed by atoms with E-state index >= 15 is 0 Å². The van der Waals surface area contributed by atoms with Crippen LogP contribution in [0.5, 0.6) is 23.0 Å². The van der Waals surface area contributed by atoms with Gasteiger partial charge in [-0.25, -0.2) is 0 Å². The number of aliphatic imine (C=N–C) groups is 1. The van der Waals surface area contributed by atoms with Crippen LogP contribution in [0.25, 0.3) is 31.7 Å². The van der Waals surface area contributed by atoms with Gasteiger partial charge in [0, 0.05) is 70.6 Å². The number of carbonyl (C=O) groups excluding carboxylic acids is 4. The maximum Gasteiger partial charge on any atom is 0.311 e. The number of ether oxygens (including phenoxy) is 4. The Labute approximate surface area is 322 Å². The number of hydrogen-bond acceptors (Lipinski definition) is 10. The highest BCUT2D eigenvalue weighted by Gasteiger charge is 2.26. The van der Waals surface area contributed by atoms with Gasteiger partial charge in [-0.2, -0.15) is 0 Å². The minimum atomic E-state index is -0.404. The molecular weight excluding hydrogens is 703 g/mol. The molecule has 4 aromatic rings. The molecule has 0 atom stereocenters. The van der Waals surface area contributed by atoms with Crippen LogP contribution in [-0.2, 0) is 14.4 Å². The van der Waals surface area contributed by atoms with Crippen molar-refractivity contribution in [2.24, 2.45) is 4.99 Å². The number of unbranched alkanes of at least 4 members (excludes halogenated alkanes) is 3. The van der Waals surface area contributed by atoms with Gasteiger partial charge in [-0.1, -0.05) is 52.9 Å². The van der Waals surface area contributed by atoms with Gasteiger partial charge in [0.25, 0.3) is 0 Å². The lowest BCUT2D eigenvalue weighted by Crippen LogP contribution is -2.10. The first kappa shape index (κ1) is 40.4. The second-order valence-electron chi connectivity index (χ2n) is 13.6. The van der Waals surface area contributed by atoms with E-state index in [4.69, 9.17) is 18.9 Å². The van der Waals surface area contributed by atoms with Crippen LogP contribution in [0.3, 0.4) is 0 Å². The normalized spacial score (nSPS) is 13.6. The van der Waals surface area contributed by atoms with E-state index in [-0.39, 0.29) is 48.7 Å². The molecule has 0 radical (unpaired) electrons. The number of esters is 3. The number of thiophene rings is 1. The monoisotopic (exact) mass is 753 g/mol. The van der Waals surface area contributed by atoms with Crippen LogP contribution >= 0.6 is 11.3 Å². The minimum absolute atomic E-state index is 0.00489. The van der Waals surface area contributed by atoms with Crippen LogP contribution in [-0.4, -0.2) is 43.1 Å². The molecule has 286 valence electrons. The molecule has 1 aromatic heterocycles. The van der Waals surface area contributed by atoms with Crippen LogP contribution in [0, 0.1) is 0 Å². The molecule has 0 amide bonds. The largest absolute Gasteiger partial charge is 0.488 e. The number of hydrogen-bond donors (Lipinski definition) is 0. The van der Waals surface area contributed by atoms with Crippen molar-refractivity contribution in [3.05, 3.63) is 60.2 Å². The van der Waals surface area contributed by atoms with Crippen LogP contribution in [0.2, 0.25) is 0 Å². The molecule has 0 N–H and O–H groups in total. The van der Waals surface area contributed by atoms with Crippen molar-refractivity contribution in [2.75, 3.05) is 13.2 Å². The summed E-state index contributed by atoms with van der Waals surface area (Å²) in [5, 5.41) is 0.619. The van der Waals surface area contributed by atoms with Gasteiger partial charge in [0.2, 0.25) is 0 Å². The van der Waals surface area contributed by atoms with Gasteiger partial charge in [-0.15, -0.1) is 11.3 Å². The lowest BCUT2D eigenvalue weighted by molar-refractivity contribution is -0.135. The van der Waals surface area contributed by atoms with E-state index in [1.165, 1.54) is 11.3 Å². The average molecular weight is 754 g/mol. The van der Waals surface area contributed by atoms with Crippen molar-refractivity contribution in [3.8, 4) is 44.6 Å². The summed E-state index contributed by atoms with van der Waals surface area (Å²) in [7, 11) is 0. The molecule has 6 rings (SSSR count). The molecule has 2 aliphatic heterocycles. The Morgan fingerprint density at radius 1 is 0.722 bits per heavy atom. The van der Waals surface area contributed by atoms with Gasteiger partial charge in [-0.3, -0.25) is 24.2 Å². The fourth-order valence-electron chi connectivity index (χ4n) is 6.26. The summed E-state index contributed by atoms with van der Waals surface area (Å²) in [6, 6.07) is 16.1. The van der Waals surface area contributed by atoms with E-state index in [0.717, 1.165) is 68.4 Å². The third-order valence-electron chi connectivity index (χ3n) is 9.19. The Kier molecular flexibility index (Phi) is 15.4. The summed E-state index contributed by atoms with van der Waals surface area (Å²) in [6.45, 7) is 7.03. The van der Waals surface area contributed by atoms with Gasteiger partial charge >= 0.3 is 17.9 Å². The zero-order valence-corrected chi connectivity index (χ0v) is 32.5. The number of Topliss-reactive ketones (excluding diaryl/α,β-unsaturated/α-hetero) is 1. The summed E-state index contributed by atoms with van der Waals surface area (Å²) in [5.74, 6) is 0.449. The Morgan fingerprint density at radius 3 is 2.06 bits per heavy atom. The number of fused-ring (bicyclic) bond motifs is 12. The fraction of sp³-hybridized carbons (Fsp3) is 0.432. The van der Waals surface area contributed by atoms with Crippen molar-refractivity contribution in [3.63, 3.8) is 0 Å². The van der Waals surface area contributed by atoms with E-state index in [1.807, 2.05) is 45.0 Å². The minimum Gasteiger partial charge on any atom is -0.488 e. The maximum atomic E-state index is 14.1. The van der Waals surface area contributed by atoms with Crippen molar-refractivity contribution in [1.82, 2.24) is 0 Å². The van der Waals surface area contributed by atoms with Gasteiger partial charge < -0.3 is 18.9 Å². The number of nitrogens with zero attached hydrogens (tertiary/aromatic N) is 1. The van der Waals surface area contributed by atoms with E-state index in [1.54, 1.807) is 36.5 Å². The maximum absolute atomic E-state index is 14.1. The smallest absolute Gasteiger partial charge is 0.311 e. The molecule has 54 heavy (non-hydrogen) atoms. The van der Waals surface area contributed by atoms with Crippen LogP contribution in [0.1, 0.15) is 121 Å². The van der Waals surface area contributed by atoms with Gasteiger partial charge in [-0.05, 0) is 91.8 Å². The number of rotatable bonds is 14. The Bertz CT molecular complexity index is 1940. The molecule has 3 aromatic carbocycles. The molecule has 9 nitrogen and oxygen atoms in total. The molecule has 0 fully saturated rings. The van der Waals surface area contributed by atoms with Crippen LogP contribution in [0.4, 0.5) is 0 Å². The molecule has 0 aliphatic carbocycles. The fourth-order valence-corrected chi connectivity index (χ4v) is 7.53. The molecule has 0 saturated carbocycles. The van der Waals surface area contributed by atoms with E-state index < -0.39 is 5.97 Å². The summed E-state index contributed by atoms with van der Waals surface area (Å²) < 4.78 is 24.4. The third kappa shape index (κ3) is 11.1. The summed E-state index contributed by atoms with van der Waals surface area (Å²) in [6.07, 6.45) is 11.2. The first-order valence-electron chi connectivity index (χ1n) is 19.4. The highest BCUT2D eigenvalue weighted by molar-refractivity contribution is 7.23. The summed E-state index contributed by atoms with van der Waals surface area (Å²) >= 11 is 1.43. The Hall–Kier alpha value is -4.83.